The summed E-state index contributed by atoms with van der Waals surface area (Å²) >= 11 is 0. The summed E-state index contributed by atoms with van der Waals surface area (Å²) in [6.07, 6.45) is 8.61. The third kappa shape index (κ3) is 3.71. The fraction of sp³-hybridized carbons (Fsp3) is 0.938. The van der Waals surface area contributed by atoms with E-state index in [-0.39, 0.29) is 11.3 Å². The van der Waals surface area contributed by atoms with Gasteiger partial charge in [0.25, 0.3) is 0 Å². The predicted octanol–water partition coefficient (Wildman–Crippen LogP) is 2.71. The second-order valence-electron chi connectivity index (χ2n) is 6.74. The maximum Gasteiger partial charge on any atom is 0.227 e. The lowest BCUT2D eigenvalue weighted by Crippen LogP contribution is -2.42. The number of carbonyl (C=O) groups excluding carboxylic acids is 1. The molecule has 2 fully saturated rings. The minimum Gasteiger partial charge on any atom is -0.356 e. The highest BCUT2D eigenvalue weighted by atomic mass is 16.2. The summed E-state index contributed by atoms with van der Waals surface area (Å²) < 4.78 is 0. The Morgan fingerprint density at radius 1 is 1.42 bits per heavy atom. The van der Waals surface area contributed by atoms with Crippen molar-refractivity contribution in [3.8, 4) is 0 Å². The number of rotatable bonds is 5. The Kier molecular flexibility index (Phi) is 5.26. The second-order valence-corrected chi connectivity index (χ2v) is 6.74. The molecule has 1 saturated heterocycles. The zero-order valence-corrected chi connectivity index (χ0v) is 12.6. The Bertz CT molecular complexity index is 297. The van der Waals surface area contributed by atoms with Gasteiger partial charge in [0.05, 0.1) is 5.41 Å². The molecule has 1 saturated carbocycles. The monoisotopic (exact) mass is 266 g/mol. The Labute approximate surface area is 117 Å². The molecule has 1 amide bonds. The molecule has 2 rings (SSSR count). The van der Waals surface area contributed by atoms with Crippen molar-refractivity contribution in [2.24, 2.45) is 17.3 Å². The summed E-state index contributed by atoms with van der Waals surface area (Å²) in [6, 6.07) is 0. The normalized spacial score (nSPS) is 35.3. The number of amides is 1. The van der Waals surface area contributed by atoms with Crippen LogP contribution in [0, 0.1) is 17.3 Å². The maximum absolute atomic E-state index is 12.4. The van der Waals surface area contributed by atoms with E-state index in [9.17, 15) is 4.79 Å². The lowest BCUT2D eigenvalue weighted by molar-refractivity contribution is -0.130. The maximum atomic E-state index is 12.4. The minimum absolute atomic E-state index is 0.125. The molecule has 2 aliphatic rings. The third-order valence-electron chi connectivity index (χ3n) is 5.29. The summed E-state index contributed by atoms with van der Waals surface area (Å²) in [5.41, 5.74) is -0.125. The fourth-order valence-corrected chi connectivity index (χ4v) is 3.80. The van der Waals surface area contributed by atoms with Gasteiger partial charge < -0.3 is 10.6 Å². The molecule has 19 heavy (non-hydrogen) atoms. The van der Waals surface area contributed by atoms with Crippen LogP contribution in [0.15, 0.2) is 0 Å². The summed E-state index contributed by atoms with van der Waals surface area (Å²) in [6.45, 7) is 7.21. The van der Waals surface area contributed by atoms with Crippen molar-refractivity contribution in [1.29, 1.82) is 0 Å². The Hall–Kier alpha value is -0.570. The van der Waals surface area contributed by atoms with E-state index in [0.29, 0.717) is 0 Å². The Morgan fingerprint density at radius 2 is 2.26 bits per heavy atom. The van der Waals surface area contributed by atoms with Gasteiger partial charge in [0, 0.05) is 13.1 Å². The van der Waals surface area contributed by atoms with Crippen molar-refractivity contribution in [1.82, 2.24) is 10.6 Å². The van der Waals surface area contributed by atoms with E-state index in [0.717, 1.165) is 44.3 Å². The van der Waals surface area contributed by atoms with Crippen LogP contribution in [0.4, 0.5) is 0 Å². The van der Waals surface area contributed by atoms with Crippen LogP contribution in [-0.2, 0) is 4.79 Å². The topological polar surface area (TPSA) is 41.1 Å². The molecule has 0 bridgehead atoms. The predicted molar refractivity (Wildman–Crippen MR) is 79.0 cm³/mol. The van der Waals surface area contributed by atoms with Crippen molar-refractivity contribution in [2.45, 2.75) is 58.8 Å². The van der Waals surface area contributed by atoms with E-state index in [2.05, 4.69) is 24.5 Å². The van der Waals surface area contributed by atoms with Crippen LogP contribution >= 0.6 is 0 Å². The average Bonchev–Trinajstić information content (AvgIpc) is 2.89. The average molecular weight is 266 g/mol. The lowest BCUT2D eigenvalue weighted by atomic mass is 9.80. The highest BCUT2D eigenvalue weighted by Gasteiger charge is 2.39. The molecule has 110 valence electrons. The Balaban J connectivity index is 1.71. The lowest BCUT2D eigenvalue weighted by Gasteiger charge is -2.28. The van der Waals surface area contributed by atoms with Gasteiger partial charge in [-0.2, -0.15) is 0 Å². The summed E-state index contributed by atoms with van der Waals surface area (Å²) in [4.78, 5) is 12.4. The summed E-state index contributed by atoms with van der Waals surface area (Å²) in [5, 5.41) is 6.53. The zero-order chi connectivity index (χ0) is 13.7. The standard InChI is InChI=1S/C16H30N2O/c1-3-16(8-10-17-12-16)15(19)18-9-7-14-6-4-5-13(2)11-14/h13-14,17H,3-12H2,1-2H3,(H,18,19). The first kappa shape index (κ1) is 14.8. The van der Waals surface area contributed by atoms with Gasteiger partial charge in [0.2, 0.25) is 5.91 Å². The van der Waals surface area contributed by atoms with Gasteiger partial charge in [-0.25, -0.2) is 0 Å². The first-order valence-corrected chi connectivity index (χ1v) is 8.15. The van der Waals surface area contributed by atoms with Crippen LogP contribution in [0.3, 0.4) is 0 Å². The van der Waals surface area contributed by atoms with Gasteiger partial charge in [-0.3, -0.25) is 4.79 Å². The van der Waals surface area contributed by atoms with Crippen molar-refractivity contribution in [3.63, 3.8) is 0 Å². The smallest absolute Gasteiger partial charge is 0.227 e. The molecular formula is C16H30N2O. The molecule has 0 spiro atoms. The van der Waals surface area contributed by atoms with Crippen molar-refractivity contribution in [3.05, 3.63) is 0 Å². The molecule has 0 radical (unpaired) electrons. The second kappa shape index (κ2) is 6.74. The largest absolute Gasteiger partial charge is 0.356 e. The molecule has 0 aromatic carbocycles. The van der Waals surface area contributed by atoms with Crippen molar-refractivity contribution < 1.29 is 4.79 Å². The highest BCUT2D eigenvalue weighted by molar-refractivity contribution is 5.83. The van der Waals surface area contributed by atoms with Crippen LogP contribution in [0.1, 0.15) is 58.8 Å². The molecule has 3 nitrogen and oxygen atoms in total. The van der Waals surface area contributed by atoms with Gasteiger partial charge in [-0.05, 0) is 44.1 Å². The van der Waals surface area contributed by atoms with Crippen LogP contribution in [0.25, 0.3) is 0 Å². The molecule has 2 N–H and O–H groups in total. The van der Waals surface area contributed by atoms with Crippen molar-refractivity contribution in [2.75, 3.05) is 19.6 Å². The van der Waals surface area contributed by atoms with E-state index < -0.39 is 0 Å². The van der Waals surface area contributed by atoms with E-state index in [1.54, 1.807) is 0 Å². The van der Waals surface area contributed by atoms with E-state index in [1.807, 2.05) is 0 Å². The first-order valence-electron chi connectivity index (χ1n) is 8.15. The molecule has 0 aromatic rings. The van der Waals surface area contributed by atoms with Gasteiger partial charge in [-0.1, -0.05) is 33.1 Å². The number of nitrogens with one attached hydrogen (secondary N) is 2. The molecule has 3 atom stereocenters. The van der Waals surface area contributed by atoms with Gasteiger partial charge >= 0.3 is 0 Å². The van der Waals surface area contributed by atoms with E-state index in [1.165, 1.54) is 32.1 Å². The van der Waals surface area contributed by atoms with E-state index >= 15 is 0 Å². The van der Waals surface area contributed by atoms with Crippen LogP contribution in [-0.4, -0.2) is 25.5 Å². The molecule has 3 heteroatoms. The summed E-state index contributed by atoms with van der Waals surface area (Å²) in [7, 11) is 0. The number of hydrogen-bond donors (Lipinski definition) is 2. The molecule has 1 heterocycles. The molecular weight excluding hydrogens is 236 g/mol. The quantitative estimate of drug-likeness (QED) is 0.803. The molecule has 3 unspecified atom stereocenters. The Morgan fingerprint density at radius 3 is 2.89 bits per heavy atom. The highest BCUT2D eigenvalue weighted by Crippen LogP contribution is 2.31. The molecule has 0 aromatic heterocycles. The van der Waals surface area contributed by atoms with Crippen LogP contribution in [0.5, 0.6) is 0 Å². The number of carbonyl (C=O) groups is 1. The van der Waals surface area contributed by atoms with Crippen LogP contribution < -0.4 is 10.6 Å². The summed E-state index contributed by atoms with van der Waals surface area (Å²) in [5.74, 6) is 2.00. The zero-order valence-electron chi connectivity index (χ0n) is 12.6. The fourth-order valence-electron chi connectivity index (χ4n) is 3.80. The SMILES string of the molecule is CCC1(C(=O)NCCC2CCCC(C)C2)CCNC1. The third-order valence-corrected chi connectivity index (χ3v) is 5.29. The minimum atomic E-state index is -0.125. The van der Waals surface area contributed by atoms with Gasteiger partial charge in [-0.15, -0.1) is 0 Å². The first-order chi connectivity index (χ1) is 9.16. The molecule has 1 aliphatic heterocycles. The molecule has 1 aliphatic carbocycles. The van der Waals surface area contributed by atoms with Gasteiger partial charge in [0.15, 0.2) is 0 Å². The van der Waals surface area contributed by atoms with Crippen molar-refractivity contribution >= 4 is 5.91 Å². The number of hydrogen-bond acceptors (Lipinski definition) is 2. The van der Waals surface area contributed by atoms with Crippen LogP contribution in [0.2, 0.25) is 0 Å². The van der Waals surface area contributed by atoms with Gasteiger partial charge in [0.1, 0.15) is 0 Å². The van der Waals surface area contributed by atoms with E-state index in [4.69, 9.17) is 0 Å².